The van der Waals surface area contributed by atoms with Crippen molar-refractivity contribution in [1.29, 1.82) is 0 Å². The van der Waals surface area contributed by atoms with Gasteiger partial charge in [0, 0.05) is 6.42 Å². The molecule has 0 aromatic heterocycles. The Hall–Kier alpha value is -0.500. The van der Waals surface area contributed by atoms with Crippen molar-refractivity contribution >= 4 is 13.7 Å². The summed E-state index contributed by atoms with van der Waals surface area (Å²) in [6.07, 6.45) is 60.4. The lowest BCUT2D eigenvalue weighted by molar-refractivity contribution is -0.870. The molecule has 0 spiro atoms. The van der Waals surface area contributed by atoms with E-state index in [4.69, 9.17) is 9.05 Å². The molecule has 0 aromatic carbocycles. The van der Waals surface area contributed by atoms with Gasteiger partial charge in [0.25, 0.3) is 7.82 Å². The Morgan fingerprint density at radius 2 is 0.731 bits per heavy atom. The van der Waals surface area contributed by atoms with E-state index in [1.54, 1.807) is 0 Å². The van der Waals surface area contributed by atoms with Crippen molar-refractivity contribution < 1.29 is 32.9 Å². The zero-order valence-electron chi connectivity index (χ0n) is 45.9. The first-order valence-corrected chi connectivity index (χ1v) is 31.3. The number of aliphatic hydroxyl groups is 1. The quantitative estimate of drug-likeness (QED) is 0.0357. The van der Waals surface area contributed by atoms with Crippen molar-refractivity contribution in [3.8, 4) is 0 Å². The van der Waals surface area contributed by atoms with Crippen LogP contribution < -0.4 is 10.2 Å². The molecule has 0 aromatic rings. The maximum Gasteiger partial charge on any atom is 0.268 e. The van der Waals surface area contributed by atoms with E-state index in [9.17, 15) is 19.4 Å². The first-order valence-electron chi connectivity index (χ1n) is 29.9. The number of nitrogens with one attached hydrogen (secondary N) is 1. The summed E-state index contributed by atoms with van der Waals surface area (Å²) in [6.45, 7) is 4.75. The molecule has 9 heteroatoms. The van der Waals surface area contributed by atoms with Crippen molar-refractivity contribution in [3.05, 3.63) is 0 Å². The van der Waals surface area contributed by atoms with Crippen LogP contribution in [0, 0.1) is 0 Å². The Morgan fingerprint density at radius 1 is 0.463 bits per heavy atom. The van der Waals surface area contributed by atoms with E-state index in [0.29, 0.717) is 23.9 Å². The fourth-order valence-electron chi connectivity index (χ4n) is 9.40. The molecule has 0 rings (SSSR count). The molecule has 67 heavy (non-hydrogen) atoms. The fourth-order valence-corrected chi connectivity index (χ4v) is 10.1. The Labute approximate surface area is 419 Å². The summed E-state index contributed by atoms with van der Waals surface area (Å²) in [4.78, 5) is 25.4. The van der Waals surface area contributed by atoms with Gasteiger partial charge in [-0.05, 0) is 12.8 Å². The largest absolute Gasteiger partial charge is 0.756 e. The molecule has 0 aliphatic heterocycles. The van der Waals surface area contributed by atoms with Gasteiger partial charge in [-0.15, -0.1) is 0 Å². The molecule has 0 saturated heterocycles. The zero-order valence-corrected chi connectivity index (χ0v) is 46.8. The number of unbranched alkanes of at least 4 members (excludes halogenated alkanes) is 43. The number of carbonyl (C=O) groups is 1. The topological polar surface area (TPSA) is 108 Å². The highest BCUT2D eigenvalue weighted by molar-refractivity contribution is 7.45. The highest BCUT2D eigenvalue weighted by atomic mass is 31.2. The molecule has 0 aliphatic carbocycles. The number of hydrogen-bond donors (Lipinski definition) is 2. The summed E-state index contributed by atoms with van der Waals surface area (Å²) in [6, 6.07) is -0.793. The Balaban J connectivity index is 3.81. The van der Waals surface area contributed by atoms with Gasteiger partial charge in [-0.25, -0.2) is 0 Å². The third-order valence-corrected chi connectivity index (χ3v) is 15.1. The number of nitrogens with zero attached hydrogens (tertiary/aromatic N) is 1. The van der Waals surface area contributed by atoms with Crippen LogP contribution in [0.25, 0.3) is 0 Å². The second-order valence-corrected chi connectivity index (χ2v) is 23.5. The van der Waals surface area contributed by atoms with E-state index in [2.05, 4.69) is 19.2 Å². The number of phosphoric ester groups is 1. The standard InChI is InChI=1S/C58H119N2O6P/c1-6-8-10-12-14-16-18-19-20-21-22-23-24-25-26-27-28-29-30-31-32-33-34-35-36-37-38-39-40-41-42-44-46-48-50-52-58(62)59-56(55-66-67(63,64)65-54-53-60(3,4)5)57(61)51-49-47-45-43-17-15-13-11-9-7-2/h56-57,61H,6-55H2,1-5H3,(H-,59,62,63,64). The molecule has 0 bridgehead atoms. The normalized spacial score (nSPS) is 13.8. The van der Waals surface area contributed by atoms with Crippen LogP contribution >= 0.6 is 7.82 Å². The van der Waals surface area contributed by atoms with Gasteiger partial charge in [0.1, 0.15) is 13.2 Å². The lowest BCUT2D eigenvalue weighted by Crippen LogP contribution is -2.46. The predicted octanol–water partition coefficient (Wildman–Crippen LogP) is 17.4. The number of amides is 1. The minimum Gasteiger partial charge on any atom is -0.756 e. The van der Waals surface area contributed by atoms with Gasteiger partial charge in [0.15, 0.2) is 0 Å². The molecule has 0 saturated carbocycles. The van der Waals surface area contributed by atoms with Crippen LogP contribution in [-0.2, 0) is 18.4 Å². The zero-order chi connectivity index (χ0) is 49.2. The Kier molecular flexibility index (Phi) is 50.1. The monoisotopic (exact) mass is 971 g/mol. The SMILES string of the molecule is CCCCCCCCCCCCCCCCCCCCCCCCCCCCCCCCCCCCCC(=O)NC(COP(=O)([O-])OCC[N+](C)(C)C)C(O)CCCCCCCCCCCC. The van der Waals surface area contributed by atoms with Crippen molar-refractivity contribution in [3.63, 3.8) is 0 Å². The van der Waals surface area contributed by atoms with Crippen molar-refractivity contribution in [1.82, 2.24) is 5.32 Å². The van der Waals surface area contributed by atoms with E-state index >= 15 is 0 Å². The maximum atomic E-state index is 12.9. The smallest absolute Gasteiger partial charge is 0.268 e. The van der Waals surface area contributed by atoms with E-state index < -0.39 is 20.0 Å². The highest BCUT2D eigenvalue weighted by Crippen LogP contribution is 2.38. The first-order chi connectivity index (χ1) is 32.5. The molecule has 2 N–H and O–H groups in total. The second-order valence-electron chi connectivity index (χ2n) is 22.1. The van der Waals surface area contributed by atoms with Gasteiger partial charge in [0.2, 0.25) is 5.91 Å². The average Bonchev–Trinajstić information content (AvgIpc) is 3.29. The number of phosphoric acid groups is 1. The molecule has 0 aliphatic rings. The van der Waals surface area contributed by atoms with Crippen molar-refractivity contribution in [2.24, 2.45) is 0 Å². The van der Waals surface area contributed by atoms with Crippen molar-refractivity contribution in [2.75, 3.05) is 40.9 Å². The number of carbonyl (C=O) groups excluding carboxylic acids is 1. The Morgan fingerprint density at radius 3 is 1.01 bits per heavy atom. The molecule has 0 heterocycles. The summed E-state index contributed by atoms with van der Waals surface area (Å²) in [5.74, 6) is -0.159. The van der Waals surface area contributed by atoms with Gasteiger partial charge < -0.3 is 28.8 Å². The van der Waals surface area contributed by atoms with Gasteiger partial charge in [-0.1, -0.05) is 296 Å². The fraction of sp³-hybridized carbons (Fsp3) is 0.983. The summed E-state index contributed by atoms with van der Waals surface area (Å²) < 4.78 is 23.3. The van der Waals surface area contributed by atoms with Crippen LogP contribution in [-0.4, -0.2) is 68.5 Å². The van der Waals surface area contributed by atoms with Crippen LogP contribution in [0.2, 0.25) is 0 Å². The molecule has 402 valence electrons. The molecular formula is C58H119N2O6P. The molecule has 0 radical (unpaired) electrons. The third kappa shape index (κ3) is 53.1. The number of hydrogen-bond acceptors (Lipinski definition) is 6. The molecule has 3 atom stereocenters. The summed E-state index contributed by atoms with van der Waals surface area (Å²) in [5.41, 5.74) is 0. The van der Waals surface area contributed by atoms with Crippen LogP contribution in [0.3, 0.4) is 0 Å². The lowest BCUT2D eigenvalue weighted by Gasteiger charge is -2.30. The third-order valence-electron chi connectivity index (χ3n) is 14.1. The van der Waals surface area contributed by atoms with Crippen LogP contribution in [0.5, 0.6) is 0 Å². The average molecular weight is 972 g/mol. The Bertz CT molecular complexity index is 1060. The molecular weight excluding hydrogens is 852 g/mol. The van der Waals surface area contributed by atoms with Gasteiger partial charge in [-0.2, -0.15) is 0 Å². The highest BCUT2D eigenvalue weighted by Gasteiger charge is 2.24. The first kappa shape index (κ1) is 66.5. The number of quaternary nitrogens is 1. The minimum absolute atomic E-state index is 0.0161. The summed E-state index contributed by atoms with van der Waals surface area (Å²) in [5, 5.41) is 13.9. The van der Waals surface area contributed by atoms with E-state index in [-0.39, 0.29) is 19.1 Å². The molecule has 3 unspecified atom stereocenters. The summed E-state index contributed by atoms with van der Waals surface area (Å²) >= 11 is 0. The van der Waals surface area contributed by atoms with E-state index in [1.807, 2.05) is 21.1 Å². The predicted molar refractivity (Wildman–Crippen MR) is 289 cm³/mol. The van der Waals surface area contributed by atoms with Gasteiger partial charge in [-0.3, -0.25) is 9.36 Å². The van der Waals surface area contributed by atoms with Gasteiger partial charge >= 0.3 is 0 Å². The second kappa shape index (κ2) is 50.4. The van der Waals surface area contributed by atoms with E-state index in [0.717, 1.165) is 38.5 Å². The van der Waals surface area contributed by atoms with Crippen LogP contribution in [0.4, 0.5) is 0 Å². The van der Waals surface area contributed by atoms with Crippen molar-refractivity contribution in [2.45, 2.75) is 328 Å². The number of aliphatic hydroxyl groups excluding tert-OH is 1. The lowest BCUT2D eigenvalue weighted by atomic mass is 10.0. The van der Waals surface area contributed by atoms with Gasteiger partial charge in [0.05, 0.1) is 39.9 Å². The molecule has 8 nitrogen and oxygen atoms in total. The van der Waals surface area contributed by atoms with Crippen LogP contribution in [0.15, 0.2) is 0 Å². The maximum absolute atomic E-state index is 12.9. The number of likely N-dealkylation sites (N-methyl/N-ethyl adjacent to an activating group) is 1. The molecule has 1 amide bonds. The summed E-state index contributed by atoms with van der Waals surface area (Å²) in [7, 11) is 1.32. The molecule has 0 fully saturated rings. The minimum atomic E-state index is -4.56. The van der Waals surface area contributed by atoms with E-state index in [1.165, 1.54) is 250 Å². The number of rotatable bonds is 56. The van der Waals surface area contributed by atoms with Crippen LogP contribution in [0.1, 0.15) is 316 Å².